The van der Waals surface area contributed by atoms with Gasteiger partial charge < -0.3 is 15.0 Å². The summed E-state index contributed by atoms with van der Waals surface area (Å²) in [5, 5.41) is 12.5. The molecule has 5 nitrogen and oxygen atoms in total. The van der Waals surface area contributed by atoms with Crippen molar-refractivity contribution < 1.29 is 14.7 Å². The number of carbonyl (C=O) groups excluding carboxylic acids is 1. The number of amides is 1. The Morgan fingerprint density at radius 1 is 1.23 bits per heavy atom. The number of hydrogen-bond acceptors (Lipinski definition) is 2. The fourth-order valence-electron chi connectivity index (χ4n) is 2.56. The highest BCUT2D eigenvalue weighted by atomic mass is 16.4. The number of aromatic nitrogens is 1. The molecule has 118 valence electrons. The highest BCUT2D eigenvalue weighted by molar-refractivity contribution is 5.98. The smallest absolute Gasteiger partial charge is 0.303 e. The summed E-state index contributed by atoms with van der Waals surface area (Å²) in [4.78, 5) is 22.8. The van der Waals surface area contributed by atoms with Crippen molar-refractivity contribution in [3.8, 4) is 0 Å². The summed E-state index contributed by atoms with van der Waals surface area (Å²) in [6.07, 6.45) is 2.35. The van der Waals surface area contributed by atoms with E-state index in [-0.39, 0.29) is 12.3 Å². The lowest BCUT2D eigenvalue weighted by molar-refractivity contribution is -0.137. The van der Waals surface area contributed by atoms with E-state index in [4.69, 9.17) is 5.11 Å². The molecule has 0 unspecified atom stereocenters. The number of fused-ring (bicyclic) bond motifs is 1. The van der Waals surface area contributed by atoms with E-state index in [1.165, 1.54) is 0 Å². The van der Waals surface area contributed by atoms with Crippen molar-refractivity contribution in [2.75, 3.05) is 6.54 Å². The van der Waals surface area contributed by atoms with Crippen LogP contribution in [0.2, 0.25) is 0 Å². The lowest BCUT2D eigenvalue weighted by atomic mass is 10.2. The van der Waals surface area contributed by atoms with Crippen LogP contribution in [0.1, 0.15) is 43.1 Å². The van der Waals surface area contributed by atoms with Crippen molar-refractivity contribution in [1.29, 1.82) is 0 Å². The molecule has 0 atom stereocenters. The van der Waals surface area contributed by atoms with Crippen molar-refractivity contribution in [3.63, 3.8) is 0 Å². The van der Waals surface area contributed by atoms with Gasteiger partial charge in [0.2, 0.25) is 0 Å². The minimum Gasteiger partial charge on any atom is -0.481 e. The Bertz CT molecular complexity index is 661. The number of carbonyl (C=O) groups is 2. The van der Waals surface area contributed by atoms with Crippen LogP contribution in [0.4, 0.5) is 0 Å². The molecule has 0 aliphatic carbocycles. The van der Waals surface area contributed by atoms with Gasteiger partial charge in [0.05, 0.1) is 0 Å². The summed E-state index contributed by atoms with van der Waals surface area (Å²) in [5.74, 6) is -0.894. The van der Waals surface area contributed by atoms with Gasteiger partial charge in [0.25, 0.3) is 5.91 Å². The molecule has 0 aliphatic heterocycles. The molecule has 0 aliphatic rings. The van der Waals surface area contributed by atoms with Crippen LogP contribution in [0.5, 0.6) is 0 Å². The van der Waals surface area contributed by atoms with Crippen molar-refractivity contribution in [2.24, 2.45) is 0 Å². The highest BCUT2D eigenvalue weighted by Crippen LogP contribution is 2.20. The number of unbranched alkanes of at least 4 members (excludes halogenated alkanes) is 1. The summed E-state index contributed by atoms with van der Waals surface area (Å²) in [5.41, 5.74) is 1.74. The summed E-state index contributed by atoms with van der Waals surface area (Å²) < 4.78 is 2.04. The molecule has 1 aromatic carbocycles. The van der Waals surface area contributed by atoms with Crippen molar-refractivity contribution in [3.05, 3.63) is 36.0 Å². The summed E-state index contributed by atoms with van der Waals surface area (Å²) in [6.45, 7) is 3.39. The molecule has 0 radical (unpaired) electrons. The van der Waals surface area contributed by atoms with E-state index in [9.17, 15) is 9.59 Å². The topological polar surface area (TPSA) is 71.3 Å². The van der Waals surface area contributed by atoms with E-state index in [2.05, 4.69) is 12.2 Å². The van der Waals surface area contributed by atoms with Crippen LogP contribution in [0.3, 0.4) is 0 Å². The van der Waals surface area contributed by atoms with Crippen molar-refractivity contribution in [2.45, 2.75) is 39.2 Å². The number of nitrogens with one attached hydrogen (secondary N) is 1. The average molecular weight is 302 g/mol. The first-order chi connectivity index (χ1) is 10.6. The molecule has 1 amide bonds. The molecular formula is C17H22N2O3. The number of benzene rings is 1. The molecule has 0 fully saturated rings. The fraction of sp³-hybridized carbons (Fsp3) is 0.412. The van der Waals surface area contributed by atoms with E-state index in [1.807, 2.05) is 34.9 Å². The van der Waals surface area contributed by atoms with Gasteiger partial charge in [-0.05, 0) is 31.4 Å². The molecule has 1 aromatic heterocycles. The minimum absolute atomic E-state index is 0.0972. The summed E-state index contributed by atoms with van der Waals surface area (Å²) in [7, 11) is 0. The zero-order valence-electron chi connectivity index (χ0n) is 12.8. The predicted octanol–water partition coefficient (Wildman–Crippen LogP) is 3.04. The van der Waals surface area contributed by atoms with Crippen molar-refractivity contribution >= 4 is 22.8 Å². The number of nitrogens with zero attached hydrogens (tertiary/aromatic N) is 1. The number of aryl methyl sites for hydroxylation is 1. The molecule has 2 rings (SSSR count). The lowest BCUT2D eigenvalue weighted by Gasteiger charge is -2.10. The largest absolute Gasteiger partial charge is 0.481 e. The maximum absolute atomic E-state index is 12.4. The third kappa shape index (κ3) is 3.87. The third-order valence-electron chi connectivity index (χ3n) is 3.59. The monoisotopic (exact) mass is 302 g/mol. The van der Waals surface area contributed by atoms with Gasteiger partial charge in [-0.25, -0.2) is 0 Å². The lowest BCUT2D eigenvalue weighted by Crippen LogP contribution is -2.27. The van der Waals surface area contributed by atoms with E-state index < -0.39 is 5.97 Å². The Morgan fingerprint density at radius 2 is 2.00 bits per heavy atom. The Balaban J connectivity index is 2.04. The normalized spacial score (nSPS) is 10.8. The van der Waals surface area contributed by atoms with Gasteiger partial charge in [-0.15, -0.1) is 0 Å². The van der Waals surface area contributed by atoms with Crippen molar-refractivity contribution in [1.82, 2.24) is 9.88 Å². The van der Waals surface area contributed by atoms with Crippen LogP contribution in [0.25, 0.3) is 10.9 Å². The van der Waals surface area contributed by atoms with E-state index in [1.54, 1.807) is 0 Å². The highest BCUT2D eigenvalue weighted by Gasteiger charge is 2.14. The average Bonchev–Trinajstić information content (AvgIpc) is 2.86. The Kier molecular flexibility index (Phi) is 5.58. The van der Waals surface area contributed by atoms with E-state index in [0.717, 1.165) is 23.9 Å². The fourth-order valence-corrected chi connectivity index (χ4v) is 2.56. The maximum Gasteiger partial charge on any atom is 0.303 e. The van der Waals surface area contributed by atoms with Gasteiger partial charge in [-0.3, -0.25) is 9.59 Å². The quantitative estimate of drug-likeness (QED) is 0.736. The van der Waals surface area contributed by atoms with Gasteiger partial charge in [0.15, 0.2) is 0 Å². The van der Waals surface area contributed by atoms with Crippen LogP contribution < -0.4 is 5.32 Å². The molecule has 2 N–H and O–H groups in total. The number of para-hydroxylation sites is 1. The first-order valence-corrected chi connectivity index (χ1v) is 7.71. The standard InChI is InChI=1S/C17H22N2O3/c1-2-11-19-14-8-4-3-7-13(14)12-15(19)17(22)18-10-6-5-9-16(20)21/h3-4,7-8,12H,2,5-6,9-11H2,1H3,(H,18,22)(H,20,21). The first kappa shape index (κ1) is 16.1. The zero-order chi connectivity index (χ0) is 15.9. The third-order valence-corrected chi connectivity index (χ3v) is 3.59. The molecular weight excluding hydrogens is 280 g/mol. The predicted molar refractivity (Wildman–Crippen MR) is 86.0 cm³/mol. The van der Waals surface area contributed by atoms with E-state index >= 15 is 0 Å². The molecule has 22 heavy (non-hydrogen) atoms. The molecule has 0 spiro atoms. The second-order valence-corrected chi connectivity index (χ2v) is 5.35. The second-order valence-electron chi connectivity index (χ2n) is 5.35. The van der Waals surface area contributed by atoms with Gasteiger partial charge in [0, 0.05) is 30.4 Å². The van der Waals surface area contributed by atoms with Gasteiger partial charge in [0.1, 0.15) is 5.69 Å². The first-order valence-electron chi connectivity index (χ1n) is 7.71. The molecule has 1 heterocycles. The Hall–Kier alpha value is -2.30. The maximum atomic E-state index is 12.4. The summed E-state index contributed by atoms with van der Waals surface area (Å²) >= 11 is 0. The Labute approximate surface area is 129 Å². The number of aliphatic carboxylic acids is 1. The molecule has 5 heteroatoms. The number of hydrogen-bond donors (Lipinski definition) is 2. The van der Waals surface area contributed by atoms with Crippen LogP contribution in [-0.4, -0.2) is 28.1 Å². The molecule has 2 aromatic rings. The van der Waals surface area contributed by atoms with Gasteiger partial charge >= 0.3 is 5.97 Å². The molecule has 0 bridgehead atoms. The Morgan fingerprint density at radius 3 is 2.73 bits per heavy atom. The second kappa shape index (κ2) is 7.64. The molecule has 0 saturated heterocycles. The van der Waals surface area contributed by atoms with Crippen LogP contribution in [0.15, 0.2) is 30.3 Å². The zero-order valence-corrected chi connectivity index (χ0v) is 12.8. The SMILES string of the molecule is CCCn1c(C(=O)NCCCCC(=O)O)cc2ccccc21. The van der Waals surface area contributed by atoms with Gasteiger partial charge in [-0.1, -0.05) is 25.1 Å². The summed E-state index contributed by atoms with van der Waals surface area (Å²) in [6, 6.07) is 9.88. The van der Waals surface area contributed by atoms with Crippen LogP contribution >= 0.6 is 0 Å². The molecule has 0 saturated carbocycles. The number of rotatable bonds is 8. The number of carboxylic acids is 1. The van der Waals surface area contributed by atoms with E-state index in [0.29, 0.717) is 25.1 Å². The van der Waals surface area contributed by atoms with Crippen LogP contribution in [0, 0.1) is 0 Å². The number of carboxylic acid groups (broad SMARTS) is 1. The van der Waals surface area contributed by atoms with Crippen LogP contribution in [-0.2, 0) is 11.3 Å². The van der Waals surface area contributed by atoms with Gasteiger partial charge in [-0.2, -0.15) is 0 Å². The minimum atomic E-state index is -0.797.